The fraction of sp³-hybridized carbons (Fsp3) is 0.286. The van der Waals surface area contributed by atoms with Gasteiger partial charge in [-0.2, -0.15) is 0 Å². The van der Waals surface area contributed by atoms with Crippen molar-refractivity contribution < 1.29 is 33.5 Å². The van der Waals surface area contributed by atoms with Gasteiger partial charge in [-0.05, 0) is 30.0 Å². The summed E-state index contributed by atoms with van der Waals surface area (Å²) in [6.45, 7) is -0.339. The molecule has 1 saturated carbocycles. The topological polar surface area (TPSA) is 139 Å². The lowest BCUT2D eigenvalue weighted by molar-refractivity contribution is -0.137. The third kappa shape index (κ3) is 4.97. The lowest BCUT2D eigenvalue weighted by atomic mass is 9.80. The number of ketones is 2. The first-order valence-corrected chi connectivity index (χ1v) is 12.3. The molecule has 4 amide bonds. The van der Waals surface area contributed by atoms with Crippen LogP contribution in [0.3, 0.4) is 0 Å². The molecule has 1 saturated heterocycles. The monoisotopic (exact) mass is 515 g/mol. The van der Waals surface area contributed by atoms with E-state index in [0.29, 0.717) is 16.8 Å². The first-order chi connectivity index (χ1) is 18.3. The number of benzene rings is 2. The Bertz CT molecular complexity index is 1360. The van der Waals surface area contributed by atoms with Gasteiger partial charge in [0.15, 0.2) is 18.2 Å². The minimum absolute atomic E-state index is 0.0592. The van der Waals surface area contributed by atoms with Crippen molar-refractivity contribution in [2.24, 2.45) is 0 Å². The van der Waals surface area contributed by atoms with E-state index < -0.39 is 24.5 Å². The van der Waals surface area contributed by atoms with Crippen molar-refractivity contribution in [1.29, 1.82) is 0 Å². The van der Waals surface area contributed by atoms with Crippen LogP contribution in [0.25, 0.3) is 0 Å². The maximum Gasteiger partial charge on any atom is 0.262 e. The van der Waals surface area contributed by atoms with Crippen molar-refractivity contribution >= 4 is 40.9 Å². The normalized spacial score (nSPS) is 21.2. The minimum Gasteiger partial charge on any atom is -0.490 e. The number of nitrogens with zero attached hydrogens (tertiary/aromatic N) is 1. The summed E-state index contributed by atoms with van der Waals surface area (Å²) in [4.78, 5) is 75.8. The number of hydrogen-bond donors (Lipinski definition) is 2. The highest BCUT2D eigenvalue weighted by atomic mass is 16.5. The maximum atomic E-state index is 12.9. The molecular weight excluding hydrogens is 490 g/mol. The molecule has 2 heterocycles. The molecule has 38 heavy (non-hydrogen) atoms. The number of rotatable bonds is 6. The second kappa shape index (κ2) is 10.4. The van der Waals surface area contributed by atoms with Crippen LogP contribution in [0.15, 0.2) is 60.4 Å². The Balaban J connectivity index is 1.19. The smallest absolute Gasteiger partial charge is 0.262 e. The zero-order valence-corrected chi connectivity index (χ0v) is 20.4. The minimum atomic E-state index is -0.766. The Morgan fingerprint density at radius 1 is 1.00 bits per heavy atom. The molecule has 1 unspecified atom stereocenters. The van der Waals surface area contributed by atoms with Crippen LogP contribution in [0.4, 0.5) is 5.69 Å². The summed E-state index contributed by atoms with van der Waals surface area (Å²) in [6, 6.07) is 13.5. The highest BCUT2D eigenvalue weighted by Crippen LogP contribution is 2.33. The zero-order valence-electron chi connectivity index (χ0n) is 20.4. The van der Waals surface area contributed by atoms with Crippen molar-refractivity contribution in [1.82, 2.24) is 10.2 Å². The summed E-state index contributed by atoms with van der Waals surface area (Å²) >= 11 is 0. The Morgan fingerprint density at radius 3 is 2.45 bits per heavy atom. The summed E-state index contributed by atoms with van der Waals surface area (Å²) in [5, 5.41) is 4.95. The number of imide groups is 1. The Hall–Kier alpha value is -4.60. The van der Waals surface area contributed by atoms with E-state index in [4.69, 9.17) is 4.74 Å². The molecule has 0 bridgehead atoms. The van der Waals surface area contributed by atoms with Gasteiger partial charge in [-0.25, -0.2) is 0 Å². The van der Waals surface area contributed by atoms with E-state index in [0.717, 1.165) is 11.8 Å². The molecule has 2 aromatic carbocycles. The number of allylic oxidation sites excluding steroid dienone is 1. The molecule has 2 aliphatic heterocycles. The number of amides is 4. The van der Waals surface area contributed by atoms with Gasteiger partial charge in [0, 0.05) is 42.6 Å². The van der Waals surface area contributed by atoms with E-state index in [-0.39, 0.29) is 67.1 Å². The van der Waals surface area contributed by atoms with Gasteiger partial charge in [-0.1, -0.05) is 36.4 Å². The number of ether oxygens (including phenoxy) is 1. The number of nitrogens with one attached hydrogen (secondary N) is 2. The van der Waals surface area contributed by atoms with E-state index >= 15 is 0 Å². The lowest BCUT2D eigenvalue weighted by Gasteiger charge is -2.29. The van der Waals surface area contributed by atoms with E-state index in [1.807, 2.05) is 30.3 Å². The Kier molecular flexibility index (Phi) is 6.87. The van der Waals surface area contributed by atoms with Crippen LogP contribution in [-0.4, -0.2) is 52.7 Å². The van der Waals surface area contributed by atoms with Crippen molar-refractivity contribution in [3.05, 3.63) is 77.1 Å². The van der Waals surface area contributed by atoms with Gasteiger partial charge in [0.25, 0.3) is 11.8 Å². The van der Waals surface area contributed by atoms with Gasteiger partial charge < -0.3 is 15.0 Å². The second-order valence-electron chi connectivity index (χ2n) is 9.48. The van der Waals surface area contributed by atoms with E-state index in [1.165, 1.54) is 4.90 Å². The Labute approximate surface area is 218 Å². The van der Waals surface area contributed by atoms with Gasteiger partial charge in [-0.15, -0.1) is 0 Å². The largest absolute Gasteiger partial charge is 0.490 e. The number of hydrogen-bond acceptors (Lipinski definition) is 7. The lowest BCUT2D eigenvalue weighted by Crippen LogP contribution is -2.52. The van der Waals surface area contributed by atoms with Crippen LogP contribution in [0, 0.1) is 0 Å². The third-order valence-electron chi connectivity index (χ3n) is 7.01. The van der Waals surface area contributed by atoms with Gasteiger partial charge in [0.2, 0.25) is 11.8 Å². The highest BCUT2D eigenvalue weighted by molar-refractivity contribution is 6.22. The predicted molar refractivity (Wildman–Crippen MR) is 134 cm³/mol. The summed E-state index contributed by atoms with van der Waals surface area (Å²) in [5.41, 5.74) is 2.18. The van der Waals surface area contributed by atoms with Crippen LogP contribution in [0.2, 0.25) is 0 Å². The van der Waals surface area contributed by atoms with E-state index in [9.17, 15) is 28.8 Å². The van der Waals surface area contributed by atoms with Crippen LogP contribution >= 0.6 is 0 Å². The second-order valence-corrected chi connectivity index (χ2v) is 9.48. The first kappa shape index (κ1) is 25.1. The summed E-state index contributed by atoms with van der Waals surface area (Å²) < 4.78 is 5.29. The molecule has 194 valence electrons. The molecule has 0 radical (unpaired) electrons. The average Bonchev–Trinajstić information content (AvgIpc) is 3.23. The van der Waals surface area contributed by atoms with Crippen LogP contribution in [0.1, 0.15) is 53.1 Å². The summed E-state index contributed by atoms with van der Waals surface area (Å²) in [6.07, 6.45) is 1.80. The number of fused-ring (bicyclic) bond motifs is 1. The molecule has 10 nitrogen and oxygen atoms in total. The number of Topliss-reactive ketones (excluding diaryl/α,β-unsaturated/α-hetero) is 2. The highest BCUT2D eigenvalue weighted by Gasteiger charge is 2.40. The molecule has 3 aliphatic rings. The van der Waals surface area contributed by atoms with Gasteiger partial charge in [-0.3, -0.25) is 34.1 Å². The van der Waals surface area contributed by atoms with E-state index in [2.05, 4.69) is 10.6 Å². The molecule has 2 fully saturated rings. The maximum absolute atomic E-state index is 12.9. The predicted octanol–water partition coefficient (Wildman–Crippen LogP) is 2.00. The number of anilines is 1. The fourth-order valence-corrected chi connectivity index (χ4v) is 5.08. The fourth-order valence-electron chi connectivity index (χ4n) is 5.08. The van der Waals surface area contributed by atoms with Gasteiger partial charge in [0.1, 0.15) is 6.04 Å². The molecule has 1 aliphatic carbocycles. The Morgan fingerprint density at radius 2 is 1.74 bits per heavy atom. The third-order valence-corrected chi connectivity index (χ3v) is 7.01. The van der Waals surface area contributed by atoms with Crippen molar-refractivity contribution in [3.63, 3.8) is 0 Å². The molecule has 0 aromatic heterocycles. The average molecular weight is 516 g/mol. The van der Waals surface area contributed by atoms with Gasteiger partial charge >= 0.3 is 0 Å². The van der Waals surface area contributed by atoms with Crippen LogP contribution < -0.4 is 10.6 Å². The van der Waals surface area contributed by atoms with Crippen molar-refractivity contribution in [3.8, 4) is 0 Å². The number of carbonyl (C=O) groups is 6. The number of piperidine rings is 1. The SMILES string of the molecule is O=C1CCC(N2Cc3c(NC(=O)COC=C4C(=O)CC(c5ccccc5)CC4=O)cccc3C2=O)C(=O)N1. The summed E-state index contributed by atoms with van der Waals surface area (Å²) in [5.74, 6) is -2.62. The molecular formula is C28H25N3O7. The number of carbonyl (C=O) groups excluding carboxylic acids is 6. The zero-order chi connectivity index (χ0) is 26.8. The van der Waals surface area contributed by atoms with Crippen molar-refractivity contribution in [2.75, 3.05) is 11.9 Å². The summed E-state index contributed by atoms with van der Waals surface area (Å²) in [7, 11) is 0. The molecule has 1 atom stereocenters. The molecule has 2 aromatic rings. The standard InChI is InChI=1S/C28H25N3O7/c32-23-11-17(16-5-2-1-3-6-16)12-24(33)20(23)14-38-15-26(35)29-21-8-4-7-18-19(21)13-31(28(18)37)22-9-10-25(34)30-27(22)36/h1-8,14,17,22H,9-13,15H2,(H,29,35)(H,30,34,36). The first-order valence-electron chi connectivity index (χ1n) is 12.3. The van der Waals surface area contributed by atoms with Crippen LogP contribution in [0.5, 0.6) is 0 Å². The van der Waals surface area contributed by atoms with Crippen molar-refractivity contribution in [2.45, 2.75) is 44.2 Å². The molecule has 10 heteroatoms. The van der Waals surface area contributed by atoms with Crippen LogP contribution in [-0.2, 0) is 35.3 Å². The van der Waals surface area contributed by atoms with Gasteiger partial charge in [0.05, 0.1) is 11.8 Å². The van der Waals surface area contributed by atoms with E-state index in [1.54, 1.807) is 18.2 Å². The molecule has 2 N–H and O–H groups in total. The molecule has 5 rings (SSSR count). The molecule has 0 spiro atoms. The quantitative estimate of drug-likeness (QED) is 0.260.